The number of aliphatic hydroxyl groups is 1. The largest absolute Gasteiger partial charge is 0.388 e. The first-order valence-electron chi connectivity index (χ1n) is 9.17. The Morgan fingerprint density at radius 1 is 1.07 bits per heavy atom. The Morgan fingerprint density at radius 2 is 1.71 bits per heavy atom. The fourth-order valence-electron chi connectivity index (χ4n) is 3.87. The van der Waals surface area contributed by atoms with E-state index in [1.54, 1.807) is 13.8 Å². The lowest BCUT2D eigenvalue weighted by Crippen LogP contribution is -2.67. The number of imide groups is 1. The van der Waals surface area contributed by atoms with Gasteiger partial charge < -0.3 is 24.1 Å². The van der Waals surface area contributed by atoms with Crippen LogP contribution in [0.5, 0.6) is 0 Å². The third-order valence-corrected chi connectivity index (χ3v) is 5.58. The molecule has 3 aliphatic rings. The maximum absolute atomic E-state index is 12.6. The van der Waals surface area contributed by atoms with Crippen LogP contribution >= 0.6 is 0 Å². The second kappa shape index (κ2) is 7.38. The SMILES string of the molecule is CO[C@H]1O[C@@H]2COC(c3ccccc3)O[C@H]2[C@@H](O)[C@H]1N1C(=O)C(C)=C(C)C1=O. The molecule has 2 fully saturated rings. The van der Waals surface area contributed by atoms with Gasteiger partial charge >= 0.3 is 0 Å². The zero-order valence-corrected chi connectivity index (χ0v) is 15.9. The summed E-state index contributed by atoms with van der Waals surface area (Å²) in [5.41, 5.74) is 1.51. The summed E-state index contributed by atoms with van der Waals surface area (Å²) in [5, 5.41) is 11.1. The van der Waals surface area contributed by atoms with Crippen molar-refractivity contribution in [1.82, 2.24) is 4.90 Å². The molecular weight excluding hydrogens is 366 g/mol. The van der Waals surface area contributed by atoms with Gasteiger partial charge in [-0.25, -0.2) is 0 Å². The number of amides is 2. The van der Waals surface area contributed by atoms with E-state index in [0.717, 1.165) is 10.5 Å². The molecule has 0 saturated carbocycles. The van der Waals surface area contributed by atoms with Crippen LogP contribution in [0.15, 0.2) is 41.5 Å². The van der Waals surface area contributed by atoms with E-state index in [9.17, 15) is 14.7 Å². The molecule has 3 heterocycles. The maximum atomic E-state index is 12.6. The van der Waals surface area contributed by atoms with E-state index in [4.69, 9.17) is 18.9 Å². The van der Waals surface area contributed by atoms with Gasteiger partial charge in [-0.1, -0.05) is 30.3 Å². The molecule has 0 aliphatic carbocycles. The molecule has 8 heteroatoms. The number of fused-ring (bicyclic) bond motifs is 1. The Kier molecular flexibility index (Phi) is 5.07. The molecule has 0 radical (unpaired) electrons. The third kappa shape index (κ3) is 2.98. The topological polar surface area (TPSA) is 94.5 Å². The first-order chi connectivity index (χ1) is 13.4. The van der Waals surface area contributed by atoms with E-state index < -0.39 is 48.7 Å². The van der Waals surface area contributed by atoms with Crippen LogP contribution < -0.4 is 0 Å². The molecule has 6 atom stereocenters. The van der Waals surface area contributed by atoms with Crippen molar-refractivity contribution in [3.63, 3.8) is 0 Å². The van der Waals surface area contributed by atoms with Gasteiger partial charge in [0.15, 0.2) is 12.6 Å². The minimum atomic E-state index is -1.19. The number of hydrogen-bond donors (Lipinski definition) is 1. The molecule has 1 aromatic carbocycles. The van der Waals surface area contributed by atoms with Crippen molar-refractivity contribution in [2.75, 3.05) is 13.7 Å². The van der Waals surface area contributed by atoms with Gasteiger partial charge in [0, 0.05) is 23.8 Å². The van der Waals surface area contributed by atoms with Crippen LogP contribution in [0.4, 0.5) is 0 Å². The van der Waals surface area contributed by atoms with Crippen molar-refractivity contribution in [3.8, 4) is 0 Å². The van der Waals surface area contributed by atoms with Crippen molar-refractivity contribution < 1.29 is 33.6 Å². The lowest BCUT2D eigenvalue weighted by molar-refractivity contribution is -0.347. The Morgan fingerprint density at radius 3 is 2.32 bits per heavy atom. The van der Waals surface area contributed by atoms with Crippen LogP contribution in [-0.2, 0) is 28.5 Å². The maximum Gasteiger partial charge on any atom is 0.257 e. The number of benzene rings is 1. The van der Waals surface area contributed by atoms with Crippen LogP contribution in [0.25, 0.3) is 0 Å². The normalized spacial score (nSPS) is 36.1. The molecular formula is C20H23NO7. The highest BCUT2D eigenvalue weighted by Gasteiger charge is 2.55. The Balaban J connectivity index is 1.61. The Labute approximate surface area is 162 Å². The molecule has 3 aliphatic heterocycles. The average molecular weight is 389 g/mol. The molecule has 0 spiro atoms. The molecule has 2 amide bonds. The van der Waals surface area contributed by atoms with Gasteiger partial charge in [0.2, 0.25) is 0 Å². The average Bonchev–Trinajstić information content (AvgIpc) is 2.91. The number of rotatable bonds is 3. The summed E-state index contributed by atoms with van der Waals surface area (Å²) < 4.78 is 23.0. The molecule has 150 valence electrons. The van der Waals surface area contributed by atoms with Crippen LogP contribution in [0.3, 0.4) is 0 Å². The third-order valence-electron chi connectivity index (χ3n) is 5.58. The summed E-state index contributed by atoms with van der Waals surface area (Å²) in [5.74, 6) is -0.912. The number of ether oxygens (including phenoxy) is 4. The lowest BCUT2D eigenvalue weighted by atomic mass is 9.94. The summed E-state index contributed by atoms with van der Waals surface area (Å²) in [7, 11) is 1.40. The van der Waals surface area contributed by atoms with Crippen molar-refractivity contribution in [1.29, 1.82) is 0 Å². The highest BCUT2D eigenvalue weighted by Crippen LogP contribution is 2.37. The van der Waals surface area contributed by atoms with E-state index in [-0.39, 0.29) is 6.61 Å². The highest BCUT2D eigenvalue weighted by molar-refractivity contribution is 6.19. The van der Waals surface area contributed by atoms with Gasteiger partial charge in [-0.3, -0.25) is 14.5 Å². The van der Waals surface area contributed by atoms with E-state index in [1.807, 2.05) is 30.3 Å². The van der Waals surface area contributed by atoms with Crippen LogP contribution in [0.1, 0.15) is 25.7 Å². The molecule has 0 bridgehead atoms. The number of aliphatic hydroxyl groups excluding tert-OH is 1. The molecule has 1 unspecified atom stereocenters. The van der Waals surface area contributed by atoms with Crippen molar-refractivity contribution in [2.45, 2.75) is 50.8 Å². The summed E-state index contributed by atoms with van der Waals surface area (Å²) in [4.78, 5) is 26.3. The predicted molar refractivity (Wildman–Crippen MR) is 95.7 cm³/mol. The zero-order chi connectivity index (χ0) is 20.0. The summed E-state index contributed by atoms with van der Waals surface area (Å²) in [6.45, 7) is 3.37. The van der Waals surface area contributed by atoms with Crippen LogP contribution in [0.2, 0.25) is 0 Å². The number of carbonyl (C=O) groups is 2. The number of nitrogens with zero attached hydrogens (tertiary/aromatic N) is 1. The van der Waals surface area contributed by atoms with Crippen LogP contribution in [-0.4, -0.2) is 66.2 Å². The van der Waals surface area contributed by atoms with E-state index in [2.05, 4.69) is 0 Å². The molecule has 2 saturated heterocycles. The van der Waals surface area contributed by atoms with E-state index in [1.165, 1.54) is 7.11 Å². The fourth-order valence-corrected chi connectivity index (χ4v) is 3.87. The quantitative estimate of drug-likeness (QED) is 0.768. The second-order valence-corrected chi connectivity index (χ2v) is 7.17. The van der Waals surface area contributed by atoms with Crippen molar-refractivity contribution in [2.24, 2.45) is 0 Å². The van der Waals surface area contributed by atoms with E-state index >= 15 is 0 Å². The first kappa shape index (κ1) is 19.2. The first-order valence-corrected chi connectivity index (χ1v) is 9.17. The number of carbonyl (C=O) groups excluding carboxylic acids is 2. The second-order valence-electron chi connectivity index (χ2n) is 7.17. The van der Waals surface area contributed by atoms with Gasteiger partial charge in [0.25, 0.3) is 11.8 Å². The Bertz CT molecular complexity index is 784. The van der Waals surface area contributed by atoms with E-state index in [0.29, 0.717) is 11.1 Å². The smallest absolute Gasteiger partial charge is 0.257 e. The molecule has 1 aromatic rings. The van der Waals surface area contributed by atoms with Gasteiger partial charge in [-0.05, 0) is 13.8 Å². The Hall–Kier alpha value is -2.10. The standard InChI is InChI=1S/C20H23NO7/c1-10-11(2)18(24)21(17(10)23)14-15(22)16-13(27-20(14)25-3)9-26-19(28-16)12-7-5-4-6-8-12/h4-8,13-16,19-20,22H,9H2,1-3H3/t13-,14-,15+,16-,19?,20+/m1/s1. The minimum absolute atomic E-state index is 0.187. The molecule has 28 heavy (non-hydrogen) atoms. The fraction of sp³-hybridized carbons (Fsp3) is 0.500. The van der Waals surface area contributed by atoms with Gasteiger partial charge in [0.1, 0.15) is 24.4 Å². The molecule has 1 N–H and O–H groups in total. The summed E-state index contributed by atoms with van der Waals surface area (Å²) >= 11 is 0. The molecule has 0 aromatic heterocycles. The molecule has 8 nitrogen and oxygen atoms in total. The summed E-state index contributed by atoms with van der Waals surface area (Å²) in [6, 6.07) is 8.32. The number of methoxy groups -OCH3 is 1. The predicted octanol–water partition coefficient (Wildman–Crippen LogP) is 0.907. The highest BCUT2D eigenvalue weighted by atomic mass is 16.7. The zero-order valence-electron chi connectivity index (χ0n) is 15.9. The molecule has 4 rings (SSSR count). The number of hydrogen-bond acceptors (Lipinski definition) is 7. The lowest BCUT2D eigenvalue weighted by Gasteiger charge is -2.49. The monoisotopic (exact) mass is 389 g/mol. The van der Waals surface area contributed by atoms with Crippen molar-refractivity contribution >= 4 is 11.8 Å². The minimum Gasteiger partial charge on any atom is -0.388 e. The van der Waals surface area contributed by atoms with Crippen molar-refractivity contribution in [3.05, 3.63) is 47.0 Å². The summed E-state index contributed by atoms with van der Waals surface area (Å²) in [6.07, 6.45) is -4.21. The van der Waals surface area contributed by atoms with Gasteiger partial charge in [0.05, 0.1) is 6.61 Å². The van der Waals surface area contributed by atoms with Gasteiger partial charge in [-0.2, -0.15) is 0 Å². The van der Waals surface area contributed by atoms with Gasteiger partial charge in [-0.15, -0.1) is 0 Å². The van der Waals surface area contributed by atoms with Crippen LogP contribution in [0, 0.1) is 0 Å².